The van der Waals surface area contributed by atoms with Gasteiger partial charge in [-0.2, -0.15) is 18.2 Å². The predicted octanol–water partition coefficient (Wildman–Crippen LogP) is 4.43. The molecule has 3 rings (SSSR count). The molecule has 0 bridgehead atoms. The SMILES string of the molecule is O=C(COc1ccc(F)cc1F)c1ccc(-c2noc(C(F)(F)F)n2)c(F)c1. The van der Waals surface area contributed by atoms with Crippen molar-refractivity contribution in [3.63, 3.8) is 0 Å². The number of rotatable bonds is 5. The summed E-state index contributed by atoms with van der Waals surface area (Å²) in [6.07, 6.45) is -4.88. The van der Waals surface area contributed by atoms with Crippen LogP contribution in [0.5, 0.6) is 5.75 Å². The second kappa shape index (κ2) is 7.33. The van der Waals surface area contributed by atoms with E-state index >= 15 is 0 Å². The summed E-state index contributed by atoms with van der Waals surface area (Å²) in [4.78, 5) is 15.1. The third-order valence-corrected chi connectivity index (χ3v) is 3.45. The van der Waals surface area contributed by atoms with Crippen LogP contribution in [0.3, 0.4) is 0 Å². The number of alkyl halides is 3. The minimum atomic E-state index is -4.88. The Bertz CT molecular complexity index is 1030. The maximum atomic E-state index is 14.2. The predicted molar refractivity (Wildman–Crippen MR) is 80.9 cm³/mol. The first-order valence-electron chi connectivity index (χ1n) is 7.47. The van der Waals surface area contributed by atoms with Crippen LogP contribution in [0, 0.1) is 17.5 Å². The number of benzene rings is 2. The molecule has 1 aromatic heterocycles. The highest BCUT2D eigenvalue weighted by molar-refractivity contribution is 5.97. The summed E-state index contributed by atoms with van der Waals surface area (Å²) in [5, 5.41) is 3.05. The molecule has 0 atom stereocenters. The van der Waals surface area contributed by atoms with Gasteiger partial charge in [0.2, 0.25) is 5.82 Å². The molecule has 0 aliphatic carbocycles. The average molecular weight is 402 g/mol. The molecule has 0 amide bonds. The van der Waals surface area contributed by atoms with Gasteiger partial charge in [0.25, 0.3) is 0 Å². The molecule has 0 saturated carbocycles. The fourth-order valence-electron chi connectivity index (χ4n) is 2.14. The molecule has 3 aromatic rings. The molecule has 5 nitrogen and oxygen atoms in total. The van der Waals surface area contributed by atoms with E-state index in [-0.39, 0.29) is 11.3 Å². The highest BCUT2D eigenvalue weighted by atomic mass is 19.4. The van der Waals surface area contributed by atoms with Crippen LogP contribution in [-0.2, 0) is 6.18 Å². The van der Waals surface area contributed by atoms with Gasteiger partial charge >= 0.3 is 12.1 Å². The van der Waals surface area contributed by atoms with Crippen molar-refractivity contribution in [2.75, 3.05) is 6.61 Å². The fraction of sp³-hybridized carbons (Fsp3) is 0.118. The number of ether oxygens (including phenoxy) is 1. The zero-order chi connectivity index (χ0) is 20.5. The molecule has 1 heterocycles. The Hall–Kier alpha value is -3.37. The van der Waals surface area contributed by atoms with Gasteiger partial charge in [0.1, 0.15) is 11.6 Å². The lowest BCUT2D eigenvalue weighted by Gasteiger charge is -2.07. The van der Waals surface area contributed by atoms with Crippen molar-refractivity contribution in [3.8, 4) is 17.1 Å². The number of carbonyl (C=O) groups excluding carboxylic acids is 1. The smallest absolute Gasteiger partial charge is 0.471 e. The molecule has 0 spiro atoms. The molecule has 0 radical (unpaired) electrons. The van der Waals surface area contributed by atoms with Crippen molar-refractivity contribution in [2.24, 2.45) is 0 Å². The number of carbonyl (C=O) groups is 1. The first-order chi connectivity index (χ1) is 13.1. The van der Waals surface area contributed by atoms with Crippen LogP contribution in [0.4, 0.5) is 26.3 Å². The second-order valence-electron chi connectivity index (χ2n) is 5.40. The highest BCUT2D eigenvalue weighted by Crippen LogP contribution is 2.30. The Morgan fingerprint density at radius 1 is 1.04 bits per heavy atom. The zero-order valence-corrected chi connectivity index (χ0v) is 13.6. The first kappa shape index (κ1) is 19.4. The monoisotopic (exact) mass is 402 g/mol. The maximum absolute atomic E-state index is 14.2. The van der Waals surface area contributed by atoms with Gasteiger partial charge in [-0.05, 0) is 24.3 Å². The van der Waals surface area contributed by atoms with Gasteiger partial charge in [-0.3, -0.25) is 4.79 Å². The van der Waals surface area contributed by atoms with Gasteiger partial charge in [0.05, 0.1) is 5.56 Å². The molecule has 0 aliphatic heterocycles. The third kappa shape index (κ3) is 4.13. The number of hydrogen-bond donors (Lipinski definition) is 0. The van der Waals surface area contributed by atoms with Crippen LogP contribution in [-0.4, -0.2) is 22.5 Å². The van der Waals surface area contributed by atoms with E-state index in [0.29, 0.717) is 6.07 Å². The zero-order valence-electron chi connectivity index (χ0n) is 13.6. The van der Waals surface area contributed by atoms with E-state index in [4.69, 9.17) is 4.74 Å². The van der Waals surface area contributed by atoms with Crippen molar-refractivity contribution in [3.05, 3.63) is 65.3 Å². The maximum Gasteiger partial charge on any atom is 0.471 e. The van der Waals surface area contributed by atoms with Crippen LogP contribution in [0.25, 0.3) is 11.4 Å². The Balaban J connectivity index is 1.74. The molecule has 2 aromatic carbocycles. The highest BCUT2D eigenvalue weighted by Gasteiger charge is 2.38. The van der Waals surface area contributed by atoms with Crippen molar-refractivity contribution in [1.82, 2.24) is 10.1 Å². The van der Waals surface area contributed by atoms with E-state index in [2.05, 4.69) is 14.7 Å². The summed E-state index contributed by atoms with van der Waals surface area (Å²) in [5.74, 6) is -6.34. The standard InChI is InChI=1S/C17H8F6N2O3/c18-9-2-4-14(12(20)6-9)27-7-13(26)8-1-3-10(11(19)5-8)15-24-16(28-25-15)17(21,22)23/h1-6H,7H2. The number of hydrogen-bond acceptors (Lipinski definition) is 5. The van der Waals surface area contributed by atoms with Crippen molar-refractivity contribution < 1.29 is 40.4 Å². The number of halogens is 6. The minimum absolute atomic E-state index is 0.191. The number of Topliss-reactive ketones (excluding diaryl/α,β-unsaturated/α-hetero) is 1. The Labute approximate surface area is 152 Å². The molecule has 0 saturated heterocycles. The van der Waals surface area contributed by atoms with E-state index in [9.17, 15) is 31.1 Å². The Morgan fingerprint density at radius 3 is 2.39 bits per heavy atom. The van der Waals surface area contributed by atoms with Gasteiger partial charge in [0.15, 0.2) is 24.0 Å². The average Bonchev–Trinajstić information content (AvgIpc) is 3.11. The summed E-state index contributed by atoms with van der Waals surface area (Å²) < 4.78 is 86.8. The van der Waals surface area contributed by atoms with E-state index in [0.717, 1.165) is 30.3 Å². The molecular weight excluding hydrogens is 394 g/mol. The summed E-state index contributed by atoms with van der Waals surface area (Å²) >= 11 is 0. The van der Waals surface area contributed by atoms with E-state index in [1.807, 2.05) is 0 Å². The first-order valence-corrected chi connectivity index (χ1v) is 7.47. The lowest BCUT2D eigenvalue weighted by Crippen LogP contribution is -2.12. The van der Waals surface area contributed by atoms with E-state index < -0.39 is 53.3 Å². The molecule has 0 N–H and O–H groups in total. The topological polar surface area (TPSA) is 65.2 Å². The lowest BCUT2D eigenvalue weighted by atomic mass is 10.1. The van der Waals surface area contributed by atoms with Crippen molar-refractivity contribution in [1.29, 1.82) is 0 Å². The molecule has 146 valence electrons. The van der Waals surface area contributed by atoms with E-state index in [1.165, 1.54) is 0 Å². The van der Waals surface area contributed by atoms with Gasteiger partial charge < -0.3 is 9.26 Å². The van der Waals surface area contributed by atoms with Crippen molar-refractivity contribution >= 4 is 5.78 Å². The fourth-order valence-corrected chi connectivity index (χ4v) is 2.14. The molecule has 0 aliphatic rings. The Morgan fingerprint density at radius 2 is 1.79 bits per heavy atom. The summed E-state index contributed by atoms with van der Waals surface area (Å²) in [6, 6.07) is 5.31. The minimum Gasteiger partial charge on any atom is -0.482 e. The third-order valence-electron chi connectivity index (χ3n) is 3.45. The van der Waals surface area contributed by atoms with Crippen molar-refractivity contribution in [2.45, 2.75) is 6.18 Å². The van der Waals surface area contributed by atoms with E-state index in [1.54, 1.807) is 0 Å². The van der Waals surface area contributed by atoms with Crippen LogP contribution in [0.2, 0.25) is 0 Å². The summed E-state index contributed by atoms with van der Waals surface area (Å²) in [7, 11) is 0. The normalized spacial score (nSPS) is 11.5. The second-order valence-corrected chi connectivity index (χ2v) is 5.40. The summed E-state index contributed by atoms with van der Waals surface area (Å²) in [5.41, 5.74) is -0.607. The van der Waals surface area contributed by atoms with Crippen LogP contribution in [0.1, 0.15) is 16.2 Å². The molecular formula is C17H8F6N2O3. The Kier molecular flexibility index (Phi) is 5.08. The largest absolute Gasteiger partial charge is 0.482 e. The van der Waals surface area contributed by atoms with Gasteiger partial charge in [-0.25, -0.2) is 13.2 Å². The van der Waals surface area contributed by atoms with Gasteiger partial charge in [0, 0.05) is 11.6 Å². The number of nitrogens with zero attached hydrogens (tertiary/aromatic N) is 2. The number of ketones is 1. The lowest BCUT2D eigenvalue weighted by molar-refractivity contribution is -0.159. The van der Waals surface area contributed by atoms with Crippen LogP contribution in [0.15, 0.2) is 40.9 Å². The molecule has 0 fully saturated rings. The van der Waals surface area contributed by atoms with Gasteiger partial charge in [-0.1, -0.05) is 11.2 Å². The molecule has 28 heavy (non-hydrogen) atoms. The molecule has 11 heteroatoms. The molecule has 0 unspecified atom stereocenters. The van der Waals surface area contributed by atoms with Gasteiger partial charge in [-0.15, -0.1) is 0 Å². The van der Waals surface area contributed by atoms with Crippen LogP contribution < -0.4 is 4.74 Å². The summed E-state index contributed by atoms with van der Waals surface area (Å²) in [6.45, 7) is -0.679. The number of aromatic nitrogens is 2. The quantitative estimate of drug-likeness (QED) is 0.467. The van der Waals surface area contributed by atoms with Crippen LogP contribution >= 0.6 is 0 Å².